The number of likely N-dealkylation sites (N-methyl/N-ethyl adjacent to an activating group) is 1. The number of nitrogens with zero attached hydrogens (tertiary/aromatic N) is 3. The van der Waals surface area contributed by atoms with Gasteiger partial charge in [0.2, 0.25) is 0 Å². The first-order valence-corrected chi connectivity index (χ1v) is 7.38. The van der Waals surface area contributed by atoms with Gasteiger partial charge in [-0.2, -0.15) is 0 Å². The fourth-order valence-corrected chi connectivity index (χ4v) is 2.91. The average molecular weight is 282 g/mol. The molecule has 110 valence electrons. The molecule has 0 unspecified atom stereocenters. The molecule has 0 atom stereocenters. The predicted molar refractivity (Wildman–Crippen MR) is 88.5 cm³/mol. The fraction of sp³-hybridized carbons (Fsp3) is 0.353. The monoisotopic (exact) mass is 282 g/mol. The quantitative estimate of drug-likeness (QED) is 0.938. The van der Waals surface area contributed by atoms with Crippen molar-refractivity contribution in [3.63, 3.8) is 0 Å². The van der Waals surface area contributed by atoms with Gasteiger partial charge in [0.05, 0.1) is 11.4 Å². The fourth-order valence-electron chi connectivity index (χ4n) is 2.91. The highest BCUT2D eigenvalue weighted by Crippen LogP contribution is 2.38. The molecular weight excluding hydrogens is 260 g/mol. The molecule has 1 aliphatic rings. The van der Waals surface area contributed by atoms with Gasteiger partial charge < -0.3 is 15.1 Å². The first-order chi connectivity index (χ1) is 10.2. The zero-order valence-electron chi connectivity index (χ0n) is 12.9. The highest BCUT2D eigenvalue weighted by Gasteiger charge is 2.22. The van der Waals surface area contributed by atoms with Gasteiger partial charge in [-0.1, -0.05) is 12.1 Å². The van der Waals surface area contributed by atoms with E-state index in [1.807, 2.05) is 13.2 Å². The highest BCUT2D eigenvalue weighted by atomic mass is 15.3. The van der Waals surface area contributed by atoms with Crippen molar-refractivity contribution in [3.8, 4) is 0 Å². The average Bonchev–Trinajstić information content (AvgIpc) is 2.50. The minimum Gasteiger partial charge on any atom is -0.371 e. The van der Waals surface area contributed by atoms with E-state index in [4.69, 9.17) is 0 Å². The molecule has 1 aliphatic heterocycles. The van der Waals surface area contributed by atoms with Crippen LogP contribution in [0.25, 0.3) is 0 Å². The molecule has 4 heteroatoms. The molecule has 0 fully saturated rings. The zero-order valence-corrected chi connectivity index (χ0v) is 12.9. The molecular formula is C17H22N4. The first-order valence-electron chi connectivity index (χ1n) is 7.38. The highest BCUT2D eigenvalue weighted by molar-refractivity contribution is 5.80. The van der Waals surface area contributed by atoms with Crippen molar-refractivity contribution in [2.75, 3.05) is 37.0 Å². The Bertz CT molecular complexity index is 638. The van der Waals surface area contributed by atoms with Crippen LogP contribution in [0.2, 0.25) is 0 Å². The lowest BCUT2D eigenvalue weighted by Crippen LogP contribution is -2.37. The molecule has 1 aromatic heterocycles. The number of fused-ring (bicyclic) bond motifs is 1. The first kappa shape index (κ1) is 13.9. The van der Waals surface area contributed by atoms with E-state index in [0.717, 1.165) is 25.3 Å². The maximum Gasteiger partial charge on any atom is 0.0649 e. The smallest absolute Gasteiger partial charge is 0.0649 e. The van der Waals surface area contributed by atoms with Crippen molar-refractivity contribution >= 4 is 17.1 Å². The number of pyridine rings is 1. The van der Waals surface area contributed by atoms with E-state index in [0.29, 0.717) is 0 Å². The van der Waals surface area contributed by atoms with Crippen LogP contribution in [0.1, 0.15) is 11.3 Å². The Morgan fingerprint density at radius 2 is 1.90 bits per heavy atom. The van der Waals surface area contributed by atoms with Crippen LogP contribution in [0.15, 0.2) is 36.5 Å². The minimum atomic E-state index is 0.830. The summed E-state index contributed by atoms with van der Waals surface area (Å²) >= 11 is 0. The van der Waals surface area contributed by atoms with E-state index in [9.17, 15) is 0 Å². The predicted octanol–water partition coefficient (Wildman–Crippen LogP) is 2.70. The van der Waals surface area contributed by atoms with E-state index in [-0.39, 0.29) is 0 Å². The lowest BCUT2D eigenvalue weighted by Gasteiger charge is -2.38. The Labute approximate surface area is 126 Å². The van der Waals surface area contributed by atoms with Gasteiger partial charge in [0.15, 0.2) is 0 Å². The van der Waals surface area contributed by atoms with Crippen molar-refractivity contribution < 1.29 is 0 Å². The van der Waals surface area contributed by atoms with Gasteiger partial charge >= 0.3 is 0 Å². The van der Waals surface area contributed by atoms with Gasteiger partial charge in [0.1, 0.15) is 0 Å². The van der Waals surface area contributed by atoms with E-state index >= 15 is 0 Å². The number of hydrogen-bond acceptors (Lipinski definition) is 4. The number of hydrogen-bond donors (Lipinski definition) is 1. The second-order valence-corrected chi connectivity index (χ2v) is 5.55. The molecule has 2 heterocycles. The molecule has 0 saturated heterocycles. The molecule has 2 aromatic rings. The number of nitrogens with one attached hydrogen (secondary N) is 1. The van der Waals surface area contributed by atoms with E-state index in [1.54, 1.807) is 0 Å². The standard InChI is InChI=1S/C17H22N4/c1-13-10-17(14(11-18-2)12-19-13)21-9-8-20(3)15-6-4-5-7-16(15)21/h4-7,10,12,18H,8-9,11H2,1-3H3. The maximum absolute atomic E-state index is 4.45. The molecule has 0 aliphatic carbocycles. The van der Waals surface area contributed by atoms with Crippen LogP contribution >= 0.6 is 0 Å². The Balaban J connectivity index is 2.09. The summed E-state index contributed by atoms with van der Waals surface area (Å²) in [5.74, 6) is 0. The summed E-state index contributed by atoms with van der Waals surface area (Å²) in [7, 11) is 4.13. The summed E-state index contributed by atoms with van der Waals surface area (Å²) in [5.41, 5.74) is 6.11. The Morgan fingerprint density at radius 3 is 2.67 bits per heavy atom. The lowest BCUT2D eigenvalue weighted by molar-refractivity contribution is 0.787. The van der Waals surface area contributed by atoms with Crippen molar-refractivity contribution in [3.05, 3.63) is 47.8 Å². The van der Waals surface area contributed by atoms with Gasteiger partial charge in [0.25, 0.3) is 0 Å². The van der Waals surface area contributed by atoms with E-state index in [2.05, 4.69) is 64.4 Å². The van der Waals surface area contributed by atoms with E-state index in [1.165, 1.54) is 22.6 Å². The summed E-state index contributed by atoms with van der Waals surface area (Å²) in [4.78, 5) is 9.18. The number of benzene rings is 1. The summed E-state index contributed by atoms with van der Waals surface area (Å²) in [6.07, 6.45) is 1.99. The third-order valence-electron chi connectivity index (χ3n) is 4.00. The van der Waals surface area contributed by atoms with Crippen molar-refractivity contribution in [2.24, 2.45) is 0 Å². The van der Waals surface area contributed by atoms with Crippen molar-refractivity contribution in [1.29, 1.82) is 0 Å². The topological polar surface area (TPSA) is 31.4 Å². The molecule has 0 saturated carbocycles. The normalized spacial score (nSPS) is 14.2. The molecule has 0 radical (unpaired) electrons. The summed E-state index contributed by atoms with van der Waals surface area (Å²) in [6, 6.07) is 10.8. The van der Waals surface area contributed by atoms with Gasteiger partial charge in [-0.15, -0.1) is 0 Å². The zero-order chi connectivity index (χ0) is 14.8. The Morgan fingerprint density at radius 1 is 1.14 bits per heavy atom. The minimum absolute atomic E-state index is 0.830. The van der Waals surface area contributed by atoms with Crippen LogP contribution in [-0.2, 0) is 6.54 Å². The van der Waals surface area contributed by atoms with E-state index < -0.39 is 0 Å². The SMILES string of the molecule is CNCc1cnc(C)cc1N1CCN(C)c2ccccc21. The molecule has 0 spiro atoms. The number of rotatable bonds is 3. The molecule has 0 amide bonds. The third kappa shape index (κ3) is 2.59. The van der Waals surface area contributed by atoms with Gasteiger partial charge in [-0.25, -0.2) is 0 Å². The van der Waals surface area contributed by atoms with Crippen LogP contribution in [0.5, 0.6) is 0 Å². The van der Waals surface area contributed by atoms with Crippen LogP contribution < -0.4 is 15.1 Å². The van der Waals surface area contributed by atoms with Crippen LogP contribution in [0.3, 0.4) is 0 Å². The van der Waals surface area contributed by atoms with Crippen LogP contribution in [0.4, 0.5) is 17.1 Å². The molecule has 21 heavy (non-hydrogen) atoms. The Hall–Kier alpha value is -2.07. The van der Waals surface area contributed by atoms with Crippen molar-refractivity contribution in [2.45, 2.75) is 13.5 Å². The summed E-state index contributed by atoms with van der Waals surface area (Å²) in [5, 5.41) is 3.24. The third-order valence-corrected chi connectivity index (χ3v) is 4.00. The summed E-state index contributed by atoms with van der Waals surface area (Å²) < 4.78 is 0. The maximum atomic E-state index is 4.45. The lowest BCUT2D eigenvalue weighted by atomic mass is 10.1. The number of para-hydroxylation sites is 2. The molecule has 3 rings (SSSR count). The second-order valence-electron chi connectivity index (χ2n) is 5.55. The van der Waals surface area contributed by atoms with Gasteiger partial charge in [0, 0.05) is 49.8 Å². The molecule has 4 nitrogen and oxygen atoms in total. The van der Waals surface area contributed by atoms with Gasteiger partial charge in [-0.05, 0) is 32.2 Å². The van der Waals surface area contributed by atoms with Gasteiger partial charge in [-0.3, -0.25) is 4.98 Å². The second kappa shape index (κ2) is 5.74. The Kier molecular flexibility index (Phi) is 3.80. The molecule has 1 aromatic carbocycles. The largest absolute Gasteiger partial charge is 0.371 e. The van der Waals surface area contributed by atoms with Crippen LogP contribution in [0, 0.1) is 6.92 Å². The summed E-state index contributed by atoms with van der Waals surface area (Å²) in [6.45, 7) is 4.90. The van der Waals surface area contributed by atoms with Crippen molar-refractivity contribution in [1.82, 2.24) is 10.3 Å². The number of aromatic nitrogens is 1. The molecule has 0 bridgehead atoms. The number of aryl methyl sites for hydroxylation is 1. The molecule has 1 N–H and O–H groups in total. The number of anilines is 3. The van der Waals surface area contributed by atoms with Crippen LogP contribution in [-0.4, -0.2) is 32.2 Å².